The molecule has 1 amide bonds. The molecule has 2 spiro atoms. The van der Waals surface area contributed by atoms with Crippen LogP contribution in [0.1, 0.15) is 109 Å². The van der Waals surface area contributed by atoms with Crippen molar-refractivity contribution in [3.05, 3.63) is 30.1 Å². The molecular weight excluding hydrogens is 580 g/mol. The number of hydrogen-bond donors (Lipinski definition) is 2. The molecule has 1 aromatic heterocycles. The molecule has 5 aliphatic carbocycles. The average molecular weight is 637 g/mol. The summed E-state index contributed by atoms with van der Waals surface area (Å²) in [6, 6.07) is 3.63. The minimum absolute atomic E-state index is 0.00418. The average Bonchev–Trinajstić information content (AvgIpc) is 3.61. The quantitative estimate of drug-likeness (QED) is 0.434. The van der Waals surface area contributed by atoms with Crippen LogP contribution in [0.15, 0.2) is 24.5 Å². The summed E-state index contributed by atoms with van der Waals surface area (Å²) in [5, 5.41) is 21.4. The largest absolute Gasteiger partial charge is 0.388 e. The van der Waals surface area contributed by atoms with Crippen molar-refractivity contribution in [1.82, 2.24) is 9.88 Å². The Kier molecular flexibility index (Phi) is 7.37. The lowest BCUT2D eigenvalue weighted by Gasteiger charge is -2.60. The summed E-state index contributed by atoms with van der Waals surface area (Å²) in [5.41, 5.74) is 0.697. The second-order valence-electron chi connectivity index (χ2n) is 17.8. The predicted octanol–water partition coefficient (Wildman–Crippen LogP) is 5.60. The predicted molar refractivity (Wildman–Crippen MR) is 173 cm³/mol. The molecule has 0 bridgehead atoms. The van der Waals surface area contributed by atoms with E-state index in [-0.39, 0.29) is 29.6 Å². The molecule has 8 heteroatoms. The monoisotopic (exact) mass is 636 g/mol. The number of morpholine rings is 1. The van der Waals surface area contributed by atoms with Crippen molar-refractivity contribution >= 4 is 5.91 Å². The van der Waals surface area contributed by atoms with Crippen molar-refractivity contribution in [3.63, 3.8) is 0 Å². The number of ether oxygens (including phenoxy) is 3. The number of hydrogen-bond acceptors (Lipinski definition) is 7. The van der Waals surface area contributed by atoms with Crippen molar-refractivity contribution in [2.45, 2.75) is 135 Å². The molecule has 1 aromatic rings. The van der Waals surface area contributed by atoms with E-state index in [1.807, 2.05) is 17.0 Å². The molecule has 8 nitrogen and oxygen atoms in total. The number of aromatic nitrogens is 1. The van der Waals surface area contributed by atoms with Gasteiger partial charge in [-0.25, -0.2) is 0 Å². The highest BCUT2D eigenvalue weighted by atomic mass is 16.7. The van der Waals surface area contributed by atoms with E-state index >= 15 is 0 Å². The van der Waals surface area contributed by atoms with E-state index < -0.39 is 18.0 Å². The van der Waals surface area contributed by atoms with Crippen LogP contribution in [-0.4, -0.2) is 82.0 Å². The van der Waals surface area contributed by atoms with Crippen LogP contribution in [0.3, 0.4) is 0 Å². The number of carbonyl (C=O) groups excluding carboxylic acids is 1. The number of amides is 1. The van der Waals surface area contributed by atoms with Gasteiger partial charge >= 0.3 is 0 Å². The van der Waals surface area contributed by atoms with Crippen LogP contribution in [0.4, 0.5) is 0 Å². The van der Waals surface area contributed by atoms with Gasteiger partial charge in [0.2, 0.25) is 0 Å². The van der Waals surface area contributed by atoms with Gasteiger partial charge in [-0.2, -0.15) is 0 Å². The normalized spacial score (nSPS) is 46.6. The van der Waals surface area contributed by atoms with Crippen molar-refractivity contribution in [3.8, 4) is 0 Å². The molecule has 10 unspecified atom stereocenters. The zero-order chi connectivity index (χ0) is 32.3. The highest BCUT2D eigenvalue weighted by molar-refractivity contribution is 5.93. The Morgan fingerprint density at radius 2 is 1.87 bits per heavy atom. The van der Waals surface area contributed by atoms with Crippen LogP contribution in [0, 0.1) is 45.3 Å². The van der Waals surface area contributed by atoms with E-state index in [0.717, 1.165) is 31.6 Å². The number of nitrogens with zero attached hydrogens (tertiary/aromatic N) is 2. The molecule has 2 N–H and O–H groups in total. The lowest BCUT2D eigenvalue weighted by Crippen LogP contribution is -2.56. The molecule has 0 radical (unpaired) electrons. The summed E-state index contributed by atoms with van der Waals surface area (Å²) in [6.45, 7) is 12.4. The zero-order valence-electron chi connectivity index (χ0n) is 28.6. The van der Waals surface area contributed by atoms with E-state index in [2.05, 4.69) is 25.8 Å². The van der Waals surface area contributed by atoms with Gasteiger partial charge in [-0.05, 0) is 136 Å². The summed E-state index contributed by atoms with van der Waals surface area (Å²) in [7, 11) is 0. The number of aliphatic hydroxyl groups excluding tert-OH is 1. The van der Waals surface area contributed by atoms with Crippen molar-refractivity contribution in [2.24, 2.45) is 45.3 Å². The fourth-order valence-electron chi connectivity index (χ4n) is 12.9. The molecule has 2 saturated heterocycles. The van der Waals surface area contributed by atoms with Gasteiger partial charge in [-0.15, -0.1) is 0 Å². The van der Waals surface area contributed by atoms with Crippen LogP contribution in [0.2, 0.25) is 0 Å². The Morgan fingerprint density at radius 3 is 2.63 bits per heavy atom. The van der Waals surface area contributed by atoms with Gasteiger partial charge in [0.15, 0.2) is 6.29 Å². The fraction of sp³-hybridized carbons (Fsp3) is 0.842. The number of pyridine rings is 1. The van der Waals surface area contributed by atoms with Gasteiger partial charge in [0, 0.05) is 18.9 Å². The van der Waals surface area contributed by atoms with Crippen molar-refractivity contribution in [2.75, 3.05) is 19.7 Å². The zero-order valence-corrected chi connectivity index (χ0v) is 28.6. The van der Waals surface area contributed by atoms with E-state index in [0.29, 0.717) is 59.3 Å². The Hall–Kier alpha value is -1.58. The first-order valence-electron chi connectivity index (χ1n) is 18.3. The van der Waals surface area contributed by atoms with Gasteiger partial charge in [-0.1, -0.05) is 20.8 Å². The smallest absolute Gasteiger partial charge is 0.255 e. The van der Waals surface area contributed by atoms with E-state index in [9.17, 15) is 15.0 Å². The summed E-state index contributed by atoms with van der Waals surface area (Å²) in [6.07, 6.45) is 14.1. The lowest BCUT2D eigenvalue weighted by atomic mass is 9.46. The van der Waals surface area contributed by atoms with Crippen LogP contribution in [0.25, 0.3) is 0 Å². The standard InChI is InChI=1S/C38H56N2O6/c1-34(2)29-11-9-24-26-19-28-25(8-10-27(45-28)32(41)35(3,4)43)36(26,5)14-15-37(24)22-38(29,37)13-12-30(34)46-31-21-40(17-18-44-31)33(42)23-7-6-16-39-20-23/h6-7,16,20,24-32,41,43H,8-15,17-19,21-22H2,1-5H3/t24?,25?,26?,27?,28?,29?,30-,31?,32-,36?,37?,38?/m0/s1. The first-order chi connectivity index (χ1) is 21.8. The van der Waals surface area contributed by atoms with E-state index in [1.165, 1.54) is 38.5 Å². The third kappa shape index (κ3) is 4.55. The maximum atomic E-state index is 13.1. The van der Waals surface area contributed by atoms with Gasteiger partial charge in [0.25, 0.3) is 5.91 Å². The maximum Gasteiger partial charge on any atom is 0.255 e. The highest BCUT2D eigenvalue weighted by Crippen LogP contribution is 2.87. The molecule has 254 valence electrons. The van der Waals surface area contributed by atoms with Crippen LogP contribution >= 0.6 is 0 Å². The minimum atomic E-state index is -1.15. The third-order valence-corrected chi connectivity index (χ3v) is 15.2. The lowest BCUT2D eigenvalue weighted by molar-refractivity contribution is -0.241. The summed E-state index contributed by atoms with van der Waals surface area (Å²) >= 11 is 0. The van der Waals surface area contributed by atoms with E-state index in [1.54, 1.807) is 26.2 Å². The SMILES string of the molecule is CC12CCC34CC35CC[C@H](OC3CN(C(=O)c6cccnc6)CCO3)C(C)(C)C5CCC4C1CC1OC([C@H](O)C(C)(C)O)CCC12. The van der Waals surface area contributed by atoms with Gasteiger partial charge in [-0.3, -0.25) is 9.78 Å². The van der Waals surface area contributed by atoms with Crippen LogP contribution < -0.4 is 0 Å². The van der Waals surface area contributed by atoms with Crippen molar-refractivity contribution < 1.29 is 29.2 Å². The first kappa shape index (κ1) is 31.7. The summed E-state index contributed by atoms with van der Waals surface area (Å²) in [4.78, 5) is 19.1. The van der Waals surface area contributed by atoms with E-state index in [4.69, 9.17) is 14.2 Å². The Balaban J connectivity index is 0.954. The highest BCUT2D eigenvalue weighted by Gasteiger charge is 2.80. The Bertz CT molecular complexity index is 1330. The topological polar surface area (TPSA) is 101 Å². The molecule has 7 aliphatic rings. The molecule has 5 saturated carbocycles. The number of aliphatic hydroxyl groups is 2. The van der Waals surface area contributed by atoms with Gasteiger partial charge < -0.3 is 29.3 Å². The number of fused-ring (bicyclic) bond motifs is 4. The Morgan fingerprint density at radius 1 is 1.07 bits per heavy atom. The first-order valence-corrected chi connectivity index (χ1v) is 18.3. The summed E-state index contributed by atoms with van der Waals surface area (Å²) < 4.78 is 19.6. The molecule has 3 heterocycles. The molecular formula is C38H56N2O6. The van der Waals surface area contributed by atoms with Gasteiger partial charge in [0.05, 0.1) is 42.6 Å². The number of carbonyl (C=O) groups is 1. The summed E-state index contributed by atoms with van der Waals surface area (Å²) in [5.74, 6) is 2.65. The maximum absolute atomic E-state index is 13.1. The Labute approximate surface area is 275 Å². The second kappa shape index (κ2) is 10.7. The molecule has 0 aromatic carbocycles. The van der Waals surface area contributed by atoms with Crippen LogP contribution in [-0.2, 0) is 14.2 Å². The second-order valence-corrected chi connectivity index (χ2v) is 17.8. The molecule has 8 rings (SSSR count). The van der Waals surface area contributed by atoms with Crippen molar-refractivity contribution in [1.29, 1.82) is 0 Å². The van der Waals surface area contributed by atoms with Crippen LogP contribution in [0.5, 0.6) is 0 Å². The molecule has 12 atom stereocenters. The molecule has 2 aliphatic heterocycles. The minimum Gasteiger partial charge on any atom is -0.388 e. The fourth-order valence-corrected chi connectivity index (χ4v) is 12.9. The third-order valence-electron chi connectivity index (χ3n) is 15.2. The number of rotatable bonds is 5. The molecule has 46 heavy (non-hydrogen) atoms. The van der Waals surface area contributed by atoms with Gasteiger partial charge in [0.1, 0.15) is 6.10 Å². The molecule has 7 fully saturated rings.